The van der Waals surface area contributed by atoms with E-state index in [1.54, 1.807) is 18.2 Å². The summed E-state index contributed by atoms with van der Waals surface area (Å²) in [7, 11) is -2.03. The molecule has 1 fully saturated rings. The Balaban J connectivity index is 1.66. The number of fused-ring (bicyclic) bond motifs is 3. The van der Waals surface area contributed by atoms with E-state index in [1.165, 1.54) is 22.5 Å². The predicted molar refractivity (Wildman–Crippen MR) is 122 cm³/mol. The molecule has 0 spiro atoms. The lowest BCUT2D eigenvalue weighted by Crippen LogP contribution is -2.48. The lowest BCUT2D eigenvalue weighted by atomic mass is 9.81. The molecular weight excluding hydrogens is 446 g/mol. The van der Waals surface area contributed by atoms with E-state index < -0.39 is 21.9 Å². The fraction of sp³-hybridized carbons (Fsp3) is 0.280. The van der Waals surface area contributed by atoms with Crippen molar-refractivity contribution < 1.29 is 22.3 Å². The second-order valence-electron chi connectivity index (χ2n) is 8.58. The topological polar surface area (TPSA) is 60.9 Å². The third kappa shape index (κ3) is 3.53. The van der Waals surface area contributed by atoms with E-state index in [0.717, 1.165) is 23.4 Å². The molecule has 5 nitrogen and oxygen atoms in total. The number of anilines is 1. The first-order valence-corrected chi connectivity index (χ1v) is 12.3. The van der Waals surface area contributed by atoms with Crippen molar-refractivity contribution >= 4 is 15.7 Å². The molecule has 0 bridgehead atoms. The fourth-order valence-corrected chi connectivity index (χ4v) is 6.95. The molecule has 0 aromatic heterocycles. The molecule has 0 saturated carbocycles. The lowest BCUT2D eigenvalue weighted by molar-refractivity contribution is 0.193. The number of halogens is 2. The summed E-state index contributed by atoms with van der Waals surface area (Å²) in [6, 6.07) is 16.0. The second kappa shape index (κ2) is 8.20. The largest absolute Gasteiger partial charge is 0.394 e. The van der Waals surface area contributed by atoms with Gasteiger partial charge in [0, 0.05) is 30.8 Å². The number of likely N-dealkylation sites (N-methyl/N-ethyl adjacent to an activating group) is 1. The van der Waals surface area contributed by atoms with Crippen LogP contribution in [0, 0.1) is 17.6 Å². The third-order valence-electron chi connectivity index (χ3n) is 6.91. The van der Waals surface area contributed by atoms with Gasteiger partial charge in [0.15, 0.2) is 0 Å². The average molecular weight is 471 g/mol. The number of benzene rings is 3. The van der Waals surface area contributed by atoms with Crippen LogP contribution in [0.25, 0.3) is 11.1 Å². The van der Waals surface area contributed by atoms with Crippen molar-refractivity contribution in [3.63, 3.8) is 0 Å². The SMILES string of the molecule is CN1c2ccc(-c3ccccc3F)cc2[C@H]2[C@H](CCN2S(=O)(=O)c2ccc(F)cc2)[C@@H]1CO. The zero-order valence-corrected chi connectivity index (χ0v) is 18.8. The Morgan fingerprint density at radius 3 is 2.45 bits per heavy atom. The molecule has 2 aliphatic rings. The Morgan fingerprint density at radius 2 is 1.76 bits per heavy atom. The minimum absolute atomic E-state index is 0.0239. The number of nitrogens with zero attached hydrogens (tertiary/aromatic N) is 2. The summed E-state index contributed by atoms with van der Waals surface area (Å²) in [6.07, 6.45) is 0.573. The van der Waals surface area contributed by atoms with Gasteiger partial charge in [0.2, 0.25) is 10.0 Å². The second-order valence-corrected chi connectivity index (χ2v) is 10.5. The van der Waals surface area contributed by atoms with Crippen LogP contribution < -0.4 is 4.90 Å². The normalized spacial score (nSPS) is 22.8. The van der Waals surface area contributed by atoms with Crippen molar-refractivity contribution in [1.82, 2.24) is 4.31 Å². The zero-order valence-electron chi connectivity index (χ0n) is 18.0. The predicted octanol–water partition coefficient (Wildman–Crippen LogP) is 4.19. The number of rotatable bonds is 4. The quantitative estimate of drug-likeness (QED) is 0.621. The molecule has 172 valence electrons. The van der Waals surface area contributed by atoms with Gasteiger partial charge in [-0.3, -0.25) is 0 Å². The summed E-state index contributed by atoms with van der Waals surface area (Å²) in [4.78, 5) is 2.01. The van der Waals surface area contributed by atoms with Gasteiger partial charge in [-0.2, -0.15) is 4.31 Å². The summed E-state index contributed by atoms with van der Waals surface area (Å²) in [6.45, 7) is 0.166. The van der Waals surface area contributed by atoms with Crippen LogP contribution in [-0.4, -0.2) is 44.1 Å². The first-order chi connectivity index (χ1) is 15.8. The van der Waals surface area contributed by atoms with E-state index in [-0.39, 0.29) is 35.8 Å². The minimum atomic E-state index is -3.91. The molecular formula is C25H24F2N2O3S. The molecule has 5 rings (SSSR count). The van der Waals surface area contributed by atoms with Crippen molar-refractivity contribution in [3.8, 4) is 11.1 Å². The lowest BCUT2D eigenvalue weighted by Gasteiger charge is -2.44. The number of sulfonamides is 1. The maximum absolute atomic E-state index is 14.5. The molecule has 0 amide bonds. The molecule has 3 atom stereocenters. The highest BCUT2D eigenvalue weighted by molar-refractivity contribution is 7.89. The summed E-state index contributed by atoms with van der Waals surface area (Å²) in [5.74, 6) is -1.00. The highest BCUT2D eigenvalue weighted by Gasteiger charge is 2.50. The third-order valence-corrected chi connectivity index (χ3v) is 8.80. The smallest absolute Gasteiger partial charge is 0.243 e. The molecule has 33 heavy (non-hydrogen) atoms. The average Bonchev–Trinajstić information content (AvgIpc) is 3.26. The number of hydrogen-bond donors (Lipinski definition) is 1. The Bertz CT molecular complexity index is 1300. The number of aliphatic hydroxyl groups excluding tert-OH is 1. The molecule has 3 aromatic rings. The van der Waals surface area contributed by atoms with Crippen molar-refractivity contribution in [1.29, 1.82) is 0 Å². The highest BCUT2D eigenvalue weighted by atomic mass is 32.2. The van der Waals surface area contributed by atoms with Crippen LogP contribution in [0.2, 0.25) is 0 Å². The Hall–Kier alpha value is -2.81. The maximum atomic E-state index is 14.5. The van der Waals surface area contributed by atoms with Gasteiger partial charge in [-0.25, -0.2) is 17.2 Å². The monoisotopic (exact) mass is 470 g/mol. The molecule has 1 saturated heterocycles. The van der Waals surface area contributed by atoms with E-state index in [2.05, 4.69) is 0 Å². The zero-order chi connectivity index (χ0) is 23.3. The van der Waals surface area contributed by atoms with Crippen molar-refractivity contribution in [2.45, 2.75) is 23.4 Å². The molecule has 3 aromatic carbocycles. The van der Waals surface area contributed by atoms with E-state index >= 15 is 0 Å². The van der Waals surface area contributed by atoms with Crippen molar-refractivity contribution in [2.24, 2.45) is 5.92 Å². The van der Waals surface area contributed by atoms with E-state index in [0.29, 0.717) is 17.5 Å². The maximum Gasteiger partial charge on any atom is 0.243 e. The van der Waals surface area contributed by atoms with Gasteiger partial charge in [-0.05, 0) is 60.0 Å². The van der Waals surface area contributed by atoms with Crippen LogP contribution in [0.15, 0.2) is 71.6 Å². The summed E-state index contributed by atoms with van der Waals surface area (Å²) >= 11 is 0. The Kier molecular flexibility index (Phi) is 5.47. The van der Waals surface area contributed by atoms with Crippen LogP contribution in [0.1, 0.15) is 18.0 Å². The van der Waals surface area contributed by atoms with Crippen molar-refractivity contribution in [3.05, 3.63) is 83.9 Å². The van der Waals surface area contributed by atoms with Gasteiger partial charge in [-0.1, -0.05) is 24.3 Å². The minimum Gasteiger partial charge on any atom is -0.394 e. The van der Waals surface area contributed by atoms with Gasteiger partial charge >= 0.3 is 0 Å². The van der Waals surface area contributed by atoms with Crippen molar-refractivity contribution in [2.75, 3.05) is 25.1 Å². The van der Waals surface area contributed by atoms with Crippen LogP contribution in [0.3, 0.4) is 0 Å². The van der Waals surface area contributed by atoms with Gasteiger partial charge in [0.05, 0.1) is 23.6 Å². The summed E-state index contributed by atoms with van der Waals surface area (Å²) in [5.41, 5.74) is 2.68. The van der Waals surface area contributed by atoms with Crippen LogP contribution >= 0.6 is 0 Å². The first-order valence-electron chi connectivity index (χ1n) is 10.8. The molecule has 2 heterocycles. The van der Waals surface area contributed by atoms with Gasteiger partial charge in [-0.15, -0.1) is 0 Å². The molecule has 0 aliphatic carbocycles. The molecule has 0 unspecified atom stereocenters. The first kappa shape index (κ1) is 22.0. The molecule has 8 heteroatoms. The Labute approximate surface area is 191 Å². The van der Waals surface area contributed by atoms with Gasteiger partial charge < -0.3 is 10.0 Å². The standard InChI is InChI=1S/C25H24F2N2O3S/c1-28-23-11-6-16(19-4-2-3-5-22(19)27)14-21(23)25-20(24(28)15-30)12-13-29(25)33(31,32)18-9-7-17(26)8-10-18/h2-11,14,20,24-25,30H,12-13,15H2,1H3/t20-,24+,25-/m1/s1. The molecule has 0 radical (unpaired) electrons. The molecule has 2 aliphatic heterocycles. The summed E-state index contributed by atoms with van der Waals surface area (Å²) in [5, 5.41) is 10.1. The van der Waals surface area contributed by atoms with Crippen LogP contribution in [0.4, 0.5) is 14.5 Å². The van der Waals surface area contributed by atoms with E-state index in [4.69, 9.17) is 0 Å². The van der Waals surface area contributed by atoms with E-state index in [9.17, 15) is 22.3 Å². The van der Waals surface area contributed by atoms with Gasteiger partial charge in [0.25, 0.3) is 0 Å². The van der Waals surface area contributed by atoms with E-state index in [1.807, 2.05) is 30.1 Å². The Morgan fingerprint density at radius 1 is 1.03 bits per heavy atom. The number of hydrogen-bond acceptors (Lipinski definition) is 4. The fourth-order valence-electron chi connectivity index (χ4n) is 5.29. The van der Waals surface area contributed by atoms with Gasteiger partial charge in [0.1, 0.15) is 11.6 Å². The summed E-state index contributed by atoms with van der Waals surface area (Å²) < 4.78 is 56.5. The van der Waals surface area contributed by atoms with Crippen LogP contribution in [0.5, 0.6) is 0 Å². The number of aliphatic hydroxyl groups is 1. The van der Waals surface area contributed by atoms with Crippen LogP contribution in [-0.2, 0) is 10.0 Å². The molecule has 1 N–H and O–H groups in total. The highest BCUT2D eigenvalue weighted by Crippen LogP contribution is 2.51.